The van der Waals surface area contributed by atoms with Crippen LogP contribution >= 0.6 is 0 Å². The Hall–Kier alpha value is -2.90. The van der Waals surface area contributed by atoms with Crippen LogP contribution in [-0.2, 0) is 9.53 Å². The molecule has 1 N–H and O–H groups in total. The molecule has 0 aromatic heterocycles. The van der Waals surface area contributed by atoms with Crippen molar-refractivity contribution in [2.24, 2.45) is 0 Å². The van der Waals surface area contributed by atoms with E-state index in [1.807, 2.05) is 0 Å². The van der Waals surface area contributed by atoms with Crippen molar-refractivity contribution in [2.45, 2.75) is 31.8 Å². The van der Waals surface area contributed by atoms with E-state index in [1.165, 1.54) is 31.4 Å². The van der Waals surface area contributed by atoms with Crippen molar-refractivity contribution >= 4 is 17.7 Å². The summed E-state index contributed by atoms with van der Waals surface area (Å²) in [6.07, 6.45) is 1.81. The second kappa shape index (κ2) is 5.95. The second-order valence-corrected chi connectivity index (χ2v) is 5.82. The molecule has 1 aromatic rings. The van der Waals surface area contributed by atoms with Gasteiger partial charge in [0.2, 0.25) is 0 Å². The highest BCUT2D eigenvalue weighted by Gasteiger charge is 2.42. The van der Waals surface area contributed by atoms with E-state index >= 15 is 0 Å². The Morgan fingerprint density at radius 1 is 1.33 bits per heavy atom. The van der Waals surface area contributed by atoms with Crippen LogP contribution in [0.5, 0.6) is 0 Å². The van der Waals surface area contributed by atoms with Gasteiger partial charge in [0, 0.05) is 23.9 Å². The summed E-state index contributed by atoms with van der Waals surface area (Å²) in [5, 5.41) is 13.6. The Kier molecular flexibility index (Phi) is 3.96. The Morgan fingerprint density at radius 3 is 2.46 bits per heavy atom. The summed E-state index contributed by atoms with van der Waals surface area (Å²) in [4.78, 5) is 36.6. The average Bonchev–Trinajstić information content (AvgIpc) is 3.38. The van der Waals surface area contributed by atoms with Crippen molar-refractivity contribution < 1.29 is 19.2 Å². The number of carbonyl (C=O) groups is 2. The summed E-state index contributed by atoms with van der Waals surface area (Å²) < 4.78 is 4.87. The first-order chi connectivity index (χ1) is 11.4. The lowest BCUT2D eigenvalue weighted by Gasteiger charge is -2.35. The maximum Gasteiger partial charge on any atom is 0.337 e. The van der Waals surface area contributed by atoms with Crippen LogP contribution in [0.3, 0.4) is 0 Å². The number of ether oxygens (including phenoxy) is 1. The molecule has 24 heavy (non-hydrogen) atoms. The zero-order chi connectivity index (χ0) is 17.4. The third-order valence-corrected chi connectivity index (χ3v) is 4.28. The number of rotatable bonds is 4. The number of nitrogens with zero attached hydrogens (tertiary/aromatic N) is 2. The molecule has 0 radical (unpaired) electrons. The lowest BCUT2D eigenvalue weighted by atomic mass is 9.94. The van der Waals surface area contributed by atoms with Gasteiger partial charge in [0.1, 0.15) is 0 Å². The Bertz CT molecular complexity index is 737. The molecule has 1 aliphatic carbocycles. The summed E-state index contributed by atoms with van der Waals surface area (Å²) in [5.74, 6) is -0.526. The number of benzene rings is 1. The molecule has 1 heterocycles. The van der Waals surface area contributed by atoms with Crippen molar-refractivity contribution in [2.75, 3.05) is 7.11 Å². The van der Waals surface area contributed by atoms with Crippen LogP contribution in [0.25, 0.3) is 0 Å². The number of urea groups is 1. The van der Waals surface area contributed by atoms with Gasteiger partial charge in [0.05, 0.1) is 23.6 Å². The fourth-order valence-corrected chi connectivity index (χ4v) is 2.94. The molecule has 0 saturated heterocycles. The summed E-state index contributed by atoms with van der Waals surface area (Å²) in [5.41, 5.74) is 1.44. The zero-order valence-electron chi connectivity index (χ0n) is 13.3. The number of amides is 2. The molecule has 0 unspecified atom stereocenters. The highest BCUT2D eigenvalue weighted by atomic mass is 16.6. The average molecular weight is 331 g/mol. The Labute approximate surface area is 138 Å². The smallest absolute Gasteiger partial charge is 0.337 e. The van der Waals surface area contributed by atoms with Crippen LogP contribution in [-0.4, -0.2) is 35.0 Å². The van der Waals surface area contributed by atoms with Gasteiger partial charge in [0.15, 0.2) is 0 Å². The number of hydrogen-bond acceptors (Lipinski definition) is 5. The minimum atomic E-state index is -0.694. The third-order valence-electron chi connectivity index (χ3n) is 4.28. The Balaban J connectivity index is 2.03. The number of methoxy groups -OCH3 is 1. The fraction of sp³-hybridized carbons (Fsp3) is 0.375. The minimum Gasteiger partial charge on any atom is -0.466 e. The number of hydrogen-bond donors (Lipinski definition) is 1. The van der Waals surface area contributed by atoms with E-state index in [2.05, 4.69) is 5.32 Å². The molecule has 126 valence electrons. The van der Waals surface area contributed by atoms with Crippen LogP contribution < -0.4 is 5.32 Å². The summed E-state index contributed by atoms with van der Waals surface area (Å²) >= 11 is 0. The Morgan fingerprint density at radius 2 is 1.96 bits per heavy atom. The van der Waals surface area contributed by atoms with Gasteiger partial charge in [-0.15, -0.1) is 0 Å². The maximum atomic E-state index is 12.4. The zero-order valence-corrected chi connectivity index (χ0v) is 13.3. The topological polar surface area (TPSA) is 102 Å². The number of allylic oxidation sites excluding steroid dienone is 1. The standard InChI is InChI=1S/C16H17N3O5/c1-9-13(15(20)24-2)14(17-16(21)18(9)11-7-8-11)10-3-5-12(6-4-10)19(22)23/h3-6,11,14H,7-8H2,1-2H3,(H,17,21)/t14-/m1/s1. The van der Waals surface area contributed by atoms with Crippen LogP contribution in [0.1, 0.15) is 31.4 Å². The third kappa shape index (κ3) is 2.70. The molecular weight excluding hydrogens is 314 g/mol. The van der Waals surface area contributed by atoms with Gasteiger partial charge in [-0.05, 0) is 37.5 Å². The van der Waals surface area contributed by atoms with Crippen LogP contribution in [0.2, 0.25) is 0 Å². The van der Waals surface area contributed by atoms with Gasteiger partial charge in [0.25, 0.3) is 5.69 Å². The van der Waals surface area contributed by atoms with Gasteiger partial charge < -0.3 is 10.1 Å². The highest BCUT2D eigenvalue weighted by Crippen LogP contribution is 2.38. The van der Waals surface area contributed by atoms with E-state index < -0.39 is 16.9 Å². The van der Waals surface area contributed by atoms with Gasteiger partial charge in [-0.2, -0.15) is 0 Å². The molecule has 1 fully saturated rings. The summed E-state index contributed by atoms with van der Waals surface area (Å²) in [6.45, 7) is 1.72. The minimum absolute atomic E-state index is 0.0548. The van der Waals surface area contributed by atoms with Gasteiger partial charge in [-0.3, -0.25) is 15.0 Å². The number of carbonyl (C=O) groups excluding carboxylic acids is 2. The molecule has 0 bridgehead atoms. The fourth-order valence-electron chi connectivity index (χ4n) is 2.94. The first-order valence-corrected chi connectivity index (χ1v) is 7.57. The van der Waals surface area contributed by atoms with E-state index in [1.54, 1.807) is 11.8 Å². The number of nitrogens with one attached hydrogen (secondary N) is 1. The maximum absolute atomic E-state index is 12.4. The van der Waals surface area contributed by atoms with Crippen LogP contribution in [0.4, 0.5) is 10.5 Å². The molecule has 1 saturated carbocycles. The number of nitro groups is 1. The predicted octanol–water partition coefficient (Wildman–Crippen LogP) is 2.27. The molecule has 1 atom stereocenters. The van der Waals surface area contributed by atoms with Gasteiger partial charge in [-0.25, -0.2) is 9.59 Å². The molecule has 8 heteroatoms. The van der Waals surface area contributed by atoms with Crippen molar-refractivity contribution in [3.05, 3.63) is 51.2 Å². The van der Waals surface area contributed by atoms with E-state index in [9.17, 15) is 19.7 Å². The lowest BCUT2D eigenvalue weighted by molar-refractivity contribution is -0.384. The van der Waals surface area contributed by atoms with Crippen molar-refractivity contribution in [1.82, 2.24) is 10.2 Å². The largest absolute Gasteiger partial charge is 0.466 e. The predicted molar refractivity (Wildman–Crippen MR) is 83.9 cm³/mol. The van der Waals surface area contributed by atoms with Crippen LogP contribution in [0, 0.1) is 10.1 Å². The van der Waals surface area contributed by atoms with E-state index in [0.29, 0.717) is 16.8 Å². The highest BCUT2D eigenvalue weighted by molar-refractivity contribution is 5.95. The number of non-ortho nitro benzene ring substituents is 1. The molecule has 1 aliphatic heterocycles. The molecule has 1 aromatic carbocycles. The van der Waals surface area contributed by atoms with E-state index in [0.717, 1.165) is 12.8 Å². The molecular formula is C16H17N3O5. The molecule has 3 rings (SSSR count). The number of nitro benzene ring substituents is 1. The van der Waals surface area contributed by atoms with Crippen molar-refractivity contribution in [3.63, 3.8) is 0 Å². The van der Waals surface area contributed by atoms with E-state index in [-0.39, 0.29) is 17.8 Å². The first kappa shape index (κ1) is 16.0. The number of esters is 1. The normalized spacial score (nSPS) is 20.7. The second-order valence-electron chi connectivity index (χ2n) is 5.82. The quantitative estimate of drug-likeness (QED) is 0.518. The first-order valence-electron chi connectivity index (χ1n) is 7.57. The lowest BCUT2D eigenvalue weighted by Crippen LogP contribution is -2.48. The van der Waals surface area contributed by atoms with Gasteiger partial charge in [-0.1, -0.05) is 0 Å². The molecule has 2 aliphatic rings. The van der Waals surface area contributed by atoms with Crippen molar-refractivity contribution in [1.29, 1.82) is 0 Å². The molecule has 2 amide bonds. The van der Waals surface area contributed by atoms with Crippen LogP contribution in [0.15, 0.2) is 35.5 Å². The SMILES string of the molecule is COC(=O)C1=C(C)N(C2CC2)C(=O)N[C@@H]1c1ccc([N+](=O)[O-])cc1. The molecule has 8 nitrogen and oxygen atoms in total. The molecule has 0 spiro atoms. The summed E-state index contributed by atoms with van der Waals surface area (Å²) in [6, 6.07) is 4.91. The summed E-state index contributed by atoms with van der Waals surface area (Å²) in [7, 11) is 1.29. The van der Waals surface area contributed by atoms with E-state index in [4.69, 9.17) is 4.74 Å². The van der Waals surface area contributed by atoms with Crippen molar-refractivity contribution in [3.8, 4) is 0 Å². The van der Waals surface area contributed by atoms with Gasteiger partial charge >= 0.3 is 12.0 Å². The monoisotopic (exact) mass is 331 g/mol.